The van der Waals surface area contributed by atoms with E-state index >= 15 is 0 Å². The number of methoxy groups -OCH3 is 1. The van der Waals surface area contributed by atoms with Crippen LogP contribution in [0.3, 0.4) is 0 Å². The molecule has 8 heteroatoms. The zero-order valence-electron chi connectivity index (χ0n) is 12.9. The summed E-state index contributed by atoms with van der Waals surface area (Å²) in [6.07, 6.45) is -1.53. The summed E-state index contributed by atoms with van der Waals surface area (Å²) in [7, 11) is 1.55. The first-order valence-corrected chi connectivity index (χ1v) is 7.46. The number of likely N-dealkylation sites (tertiary alicyclic amines) is 1. The van der Waals surface area contributed by atoms with Gasteiger partial charge in [0, 0.05) is 32.4 Å². The summed E-state index contributed by atoms with van der Waals surface area (Å²) < 4.78 is 42.9. The van der Waals surface area contributed by atoms with Crippen molar-refractivity contribution in [3.05, 3.63) is 23.9 Å². The minimum Gasteiger partial charge on any atom is -0.384 e. The van der Waals surface area contributed by atoms with E-state index in [0.29, 0.717) is 39.0 Å². The Kier molecular flexibility index (Phi) is 5.81. The highest BCUT2D eigenvalue weighted by Crippen LogP contribution is 2.30. The van der Waals surface area contributed by atoms with Crippen LogP contribution in [0.25, 0.3) is 0 Å². The molecule has 5 nitrogen and oxygen atoms in total. The molecule has 0 saturated carbocycles. The highest BCUT2D eigenvalue weighted by Gasteiger charge is 2.31. The molecule has 1 aliphatic heterocycles. The lowest BCUT2D eigenvalue weighted by atomic mass is 10.0. The highest BCUT2D eigenvalue weighted by atomic mass is 19.4. The molecule has 2 heterocycles. The number of piperidine rings is 1. The molecule has 2 rings (SSSR count). The lowest BCUT2D eigenvalue weighted by Gasteiger charge is -2.32. The molecule has 0 atom stereocenters. The number of ether oxygens (including phenoxy) is 1. The second-order valence-electron chi connectivity index (χ2n) is 5.47. The van der Waals surface area contributed by atoms with Gasteiger partial charge in [0.05, 0.1) is 18.6 Å². The van der Waals surface area contributed by atoms with Gasteiger partial charge >= 0.3 is 6.18 Å². The molecule has 128 valence electrons. The number of carbonyl (C=O) groups excluding carboxylic acids is 1. The summed E-state index contributed by atoms with van der Waals surface area (Å²) in [4.78, 5) is 17.6. The third-order valence-corrected chi connectivity index (χ3v) is 3.81. The molecule has 1 saturated heterocycles. The normalized spacial score (nSPS) is 16.4. The predicted octanol–water partition coefficient (Wildman–Crippen LogP) is 2.54. The number of rotatable bonds is 5. The van der Waals surface area contributed by atoms with Crippen LogP contribution < -0.4 is 5.32 Å². The van der Waals surface area contributed by atoms with Crippen LogP contribution in [0.1, 0.15) is 24.8 Å². The fraction of sp³-hybridized carbons (Fsp3) is 0.600. The predicted molar refractivity (Wildman–Crippen MR) is 79.0 cm³/mol. The second-order valence-corrected chi connectivity index (χ2v) is 5.47. The Morgan fingerprint density at radius 2 is 2.13 bits per heavy atom. The first kappa shape index (κ1) is 17.5. The molecule has 0 spiro atoms. The Morgan fingerprint density at radius 1 is 1.43 bits per heavy atom. The van der Waals surface area contributed by atoms with E-state index < -0.39 is 11.7 Å². The first-order chi connectivity index (χ1) is 10.9. The summed E-state index contributed by atoms with van der Waals surface area (Å²) in [5.74, 6) is 0.256. The topological polar surface area (TPSA) is 54.5 Å². The standard InChI is InChI=1S/C15H20F3N3O2/c1-23-9-5-14(22)21-7-3-12(4-8-21)20-13-10-11(2-6-19-13)15(16,17)18/h2,6,10,12H,3-5,7-9H2,1H3,(H,19,20). The Morgan fingerprint density at radius 3 is 2.74 bits per heavy atom. The van der Waals surface area contributed by atoms with Crippen molar-refractivity contribution in [2.75, 3.05) is 32.1 Å². The van der Waals surface area contributed by atoms with Crippen LogP contribution >= 0.6 is 0 Å². The van der Waals surface area contributed by atoms with E-state index in [9.17, 15) is 18.0 Å². The molecule has 0 bridgehead atoms. The van der Waals surface area contributed by atoms with Crippen molar-refractivity contribution < 1.29 is 22.7 Å². The summed E-state index contributed by atoms with van der Waals surface area (Å²) in [6, 6.07) is 1.97. The fourth-order valence-corrected chi connectivity index (χ4v) is 2.52. The van der Waals surface area contributed by atoms with Crippen molar-refractivity contribution in [3.63, 3.8) is 0 Å². The lowest BCUT2D eigenvalue weighted by molar-refractivity contribution is -0.137. The number of pyridine rings is 1. The van der Waals surface area contributed by atoms with E-state index in [1.54, 1.807) is 12.0 Å². The van der Waals surface area contributed by atoms with Crippen molar-refractivity contribution in [3.8, 4) is 0 Å². The number of nitrogens with zero attached hydrogens (tertiary/aromatic N) is 2. The molecule has 1 aromatic rings. The van der Waals surface area contributed by atoms with Crippen LogP contribution in [0.5, 0.6) is 0 Å². The number of alkyl halides is 3. The van der Waals surface area contributed by atoms with E-state index in [1.807, 2.05) is 0 Å². The third kappa shape index (κ3) is 5.09. The van der Waals surface area contributed by atoms with Gasteiger partial charge in [0.1, 0.15) is 5.82 Å². The number of anilines is 1. The third-order valence-electron chi connectivity index (χ3n) is 3.81. The number of hydrogen-bond donors (Lipinski definition) is 1. The average molecular weight is 331 g/mol. The number of nitrogens with one attached hydrogen (secondary N) is 1. The molecule has 1 aliphatic rings. The number of amides is 1. The molecule has 1 amide bonds. The smallest absolute Gasteiger partial charge is 0.384 e. The number of halogens is 3. The maximum atomic E-state index is 12.7. The Hall–Kier alpha value is -1.83. The molecule has 1 fully saturated rings. The highest BCUT2D eigenvalue weighted by molar-refractivity contribution is 5.76. The number of carbonyl (C=O) groups is 1. The van der Waals surface area contributed by atoms with Gasteiger partial charge in [-0.15, -0.1) is 0 Å². The fourth-order valence-electron chi connectivity index (χ4n) is 2.52. The number of aromatic nitrogens is 1. The van der Waals surface area contributed by atoms with Crippen LogP contribution in [0, 0.1) is 0 Å². The molecule has 0 aromatic carbocycles. The number of hydrogen-bond acceptors (Lipinski definition) is 4. The lowest BCUT2D eigenvalue weighted by Crippen LogP contribution is -2.42. The van der Waals surface area contributed by atoms with Gasteiger partial charge in [0.2, 0.25) is 5.91 Å². The Bertz CT molecular complexity index is 529. The largest absolute Gasteiger partial charge is 0.416 e. The Labute approximate surface area is 132 Å². The van der Waals surface area contributed by atoms with E-state index in [1.165, 1.54) is 0 Å². The van der Waals surface area contributed by atoms with E-state index in [4.69, 9.17) is 4.74 Å². The molecular formula is C15H20F3N3O2. The molecule has 23 heavy (non-hydrogen) atoms. The maximum absolute atomic E-state index is 12.7. The van der Waals surface area contributed by atoms with E-state index in [-0.39, 0.29) is 17.8 Å². The van der Waals surface area contributed by atoms with E-state index in [0.717, 1.165) is 18.3 Å². The van der Waals surface area contributed by atoms with Gasteiger partial charge in [-0.05, 0) is 25.0 Å². The minimum atomic E-state index is -4.38. The molecule has 0 radical (unpaired) electrons. The van der Waals surface area contributed by atoms with Crippen molar-refractivity contribution >= 4 is 11.7 Å². The maximum Gasteiger partial charge on any atom is 0.416 e. The van der Waals surface area contributed by atoms with Crippen LogP contribution in [0.4, 0.5) is 19.0 Å². The zero-order chi connectivity index (χ0) is 16.9. The van der Waals surface area contributed by atoms with Crippen LogP contribution in [0.15, 0.2) is 18.3 Å². The van der Waals surface area contributed by atoms with Gasteiger partial charge in [-0.1, -0.05) is 0 Å². The Balaban J connectivity index is 1.86. The van der Waals surface area contributed by atoms with Gasteiger partial charge in [0.25, 0.3) is 0 Å². The van der Waals surface area contributed by atoms with Crippen molar-refractivity contribution in [2.24, 2.45) is 0 Å². The summed E-state index contributed by atoms with van der Waals surface area (Å²) >= 11 is 0. The SMILES string of the molecule is COCCC(=O)N1CCC(Nc2cc(C(F)(F)F)ccn2)CC1. The van der Waals surface area contributed by atoms with Crippen LogP contribution in [0.2, 0.25) is 0 Å². The van der Waals surface area contributed by atoms with Gasteiger partial charge in [0.15, 0.2) is 0 Å². The van der Waals surface area contributed by atoms with Crippen molar-refractivity contribution in [1.29, 1.82) is 0 Å². The van der Waals surface area contributed by atoms with Crippen molar-refractivity contribution in [1.82, 2.24) is 9.88 Å². The zero-order valence-corrected chi connectivity index (χ0v) is 12.9. The molecule has 0 aliphatic carbocycles. The minimum absolute atomic E-state index is 0.0115. The monoisotopic (exact) mass is 331 g/mol. The molecule has 1 aromatic heterocycles. The molecular weight excluding hydrogens is 311 g/mol. The first-order valence-electron chi connectivity index (χ1n) is 7.46. The van der Waals surface area contributed by atoms with Gasteiger partial charge < -0.3 is 15.0 Å². The molecule has 1 N–H and O–H groups in total. The quantitative estimate of drug-likeness (QED) is 0.901. The summed E-state index contributed by atoms with van der Waals surface area (Å²) in [5.41, 5.74) is -0.720. The second kappa shape index (κ2) is 7.63. The van der Waals surface area contributed by atoms with Gasteiger partial charge in [-0.25, -0.2) is 4.98 Å². The molecule has 0 unspecified atom stereocenters. The van der Waals surface area contributed by atoms with Crippen LogP contribution in [-0.4, -0.2) is 48.6 Å². The van der Waals surface area contributed by atoms with E-state index in [2.05, 4.69) is 10.3 Å². The van der Waals surface area contributed by atoms with Crippen molar-refractivity contribution in [2.45, 2.75) is 31.5 Å². The average Bonchev–Trinajstić information content (AvgIpc) is 2.53. The van der Waals surface area contributed by atoms with Crippen LogP contribution in [-0.2, 0) is 15.7 Å². The van der Waals surface area contributed by atoms with Gasteiger partial charge in [-0.3, -0.25) is 4.79 Å². The van der Waals surface area contributed by atoms with Gasteiger partial charge in [-0.2, -0.15) is 13.2 Å². The summed E-state index contributed by atoms with van der Waals surface area (Å²) in [5, 5.41) is 3.02. The summed E-state index contributed by atoms with van der Waals surface area (Å²) in [6.45, 7) is 1.56.